The molecule has 2 aromatic rings. The predicted molar refractivity (Wildman–Crippen MR) is 70.1 cm³/mol. The van der Waals surface area contributed by atoms with Crippen molar-refractivity contribution in [2.45, 2.75) is 6.54 Å². The third-order valence-corrected chi connectivity index (χ3v) is 3.40. The van der Waals surface area contributed by atoms with E-state index in [0.29, 0.717) is 0 Å². The molecule has 0 spiro atoms. The van der Waals surface area contributed by atoms with E-state index in [1.165, 1.54) is 0 Å². The predicted octanol–water partition coefficient (Wildman–Crippen LogP) is 3.53. The Morgan fingerprint density at radius 1 is 1.50 bits per heavy atom. The van der Waals surface area contributed by atoms with Crippen molar-refractivity contribution in [3.63, 3.8) is 0 Å². The highest BCUT2D eigenvalue weighted by Crippen LogP contribution is 2.27. The van der Waals surface area contributed by atoms with Gasteiger partial charge in [0.15, 0.2) is 0 Å². The van der Waals surface area contributed by atoms with Gasteiger partial charge in [0.05, 0.1) is 29.3 Å². The summed E-state index contributed by atoms with van der Waals surface area (Å²) in [4.78, 5) is 4.21. The number of aromatic nitrogens is 1. The lowest BCUT2D eigenvalue weighted by Gasteiger charge is -2.08. The number of thiazole rings is 1. The lowest BCUT2D eigenvalue weighted by atomic mass is 10.3. The van der Waals surface area contributed by atoms with E-state index in [9.17, 15) is 0 Å². The van der Waals surface area contributed by atoms with Crippen molar-refractivity contribution >= 4 is 33.0 Å². The summed E-state index contributed by atoms with van der Waals surface area (Å²) in [7, 11) is 1.66. The second-order valence-corrected chi connectivity index (χ2v) is 4.76. The summed E-state index contributed by atoms with van der Waals surface area (Å²) in [5, 5.41) is 5.32. The first-order valence-electron chi connectivity index (χ1n) is 4.74. The number of anilines is 1. The van der Waals surface area contributed by atoms with Crippen LogP contribution in [0.15, 0.2) is 33.6 Å². The molecule has 0 atom stereocenters. The molecule has 84 valence electrons. The fraction of sp³-hybridized carbons (Fsp3) is 0.182. The Labute approximate surface area is 107 Å². The van der Waals surface area contributed by atoms with Gasteiger partial charge in [-0.2, -0.15) is 0 Å². The maximum Gasteiger partial charge on any atom is 0.135 e. The number of halogens is 1. The molecule has 0 aliphatic rings. The largest absolute Gasteiger partial charge is 0.495 e. The van der Waals surface area contributed by atoms with Gasteiger partial charge >= 0.3 is 0 Å². The van der Waals surface area contributed by atoms with Crippen molar-refractivity contribution in [2.75, 3.05) is 12.4 Å². The van der Waals surface area contributed by atoms with E-state index in [1.54, 1.807) is 18.4 Å². The van der Waals surface area contributed by atoms with Gasteiger partial charge in [0.25, 0.3) is 0 Å². The van der Waals surface area contributed by atoms with Crippen molar-refractivity contribution in [1.82, 2.24) is 4.98 Å². The quantitative estimate of drug-likeness (QED) is 0.938. The van der Waals surface area contributed by atoms with Gasteiger partial charge in [0.2, 0.25) is 0 Å². The first-order valence-corrected chi connectivity index (χ1v) is 6.47. The summed E-state index contributed by atoms with van der Waals surface area (Å²) in [6.45, 7) is 0.730. The van der Waals surface area contributed by atoms with Crippen LogP contribution >= 0.6 is 27.3 Å². The topological polar surface area (TPSA) is 34.1 Å². The number of hydrogen-bond acceptors (Lipinski definition) is 4. The number of rotatable bonds is 4. The summed E-state index contributed by atoms with van der Waals surface area (Å²) in [5.41, 5.74) is 3.90. The number of nitrogens with zero attached hydrogens (tertiary/aromatic N) is 1. The average molecular weight is 299 g/mol. The van der Waals surface area contributed by atoms with E-state index in [-0.39, 0.29) is 0 Å². The second kappa shape index (κ2) is 5.32. The van der Waals surface area contributed by atoms with Gasteiger partial charge in [0.1, 0.15) is 5.75 Å². The van der Waals surface area contributed by atoms with Crippen molar-refractivity contribution in [1.29, 1.82) is 0 Å². The van der Waals surface area contributed by atoms with Crippen LogP contribution in [0, 0.1) is 0 Å². The van der Waals surface area contributed by atoms with Gasteiger partial charge in [0, 0.05) is 17.1 Å². The van der Waals surface area contributed by atoms with Crippen molar-refractivity contribution in [2.24, 2.45) is 0 Å². The molecule has 0 radical (unpaired) electrons. The zero-order valence-electron chi connectivity index (χ0n) is 8.74. The van der Waals surface area contributed by atoms with Gasteiger partial charge in [-0.1, -0.05) is 0 Å². The van der Waals surface area contributed by atoms with Gasteiger partial charge in [-0.3, -0.25) is 0 Å². The number of methoxy groups -OCH3 is 1. The summed E-state index contributed by atoms with van der Waals surface area (Å²) in [5.74, 6) is 0.822. The maximum atomic E-state index is 5.22. The number of hydrogen-bond donors (Lipinski definition) is 1. The molecule has 0 unspecified atom stereocenters. The molecular weight excluding hydrogens is 288 g/mol. The van der Waals surface area contributed by atoms with Crippen LogP contribution in [0.2, 0.25) is 0 Å². The van der Waals surface area contributed by atoms with Crippen molar-refractivity contribution in [3.8, 4) is 5.75 Å². The Morgan fingerprint density at radius 3 is 3.06 bits per heavy atom. The van der Waals surface area contributed by atoms with E-state index in [0.717, 1.165) is 28.1 Å². The molecule has 0 saturated carbocycles. The Balaban J connectivity index is 2.04. The van der Waals surface area contributed by atoms with Gasteiger partial charge in [-0.15, -0.1) is 11.3 Å². The Bertz CT molecular complexity index is 459. The molecule has 0 amide bonds. The molecule has 16 heavy (non-hydrogen) atoms. The molecule has 1 aromatic heterocycles. The fourth-order valence-corrected chi connectivity index (χ4v) is 2.25. The molecule has 0 aliphatic carbocycles. The molecule has 0 saturated heterocycles. The van der Waals surface area contributed by atoms with Crippen molar-refractivity contribution < 1.29 is 4.74 Å². The average Bonchev–Trinajstić information content (AvgIpc) is 2.81. The monoisotopic (exact) mass is 298 g/mol. The summed E-state index contributed by atoms with van der Waals surface area (Å²) in [6, 6.07) is 5.91. The van der Waals surface area contributed by atoms with Crippen LogP contribution in [0.4, 0.5) is 5.69 Å². The highest BCUT2D eigenvalue weighted by Gasteiger charge is 2.01. The summed E-state index contributed by atoms with van der Waals surface area (Å²) in [6.07, 6.45) is 0. The van der Waals surface area contributed by atoms with E-state index >= 15 is 0 Å². The minimum Gasteiger partial charge on any atom is -0.495 e. The van der Waals surface area contributed by atoms with Crippen LogP contribution in [-0.4, -0.2) is 12.1 Å². The highest BCUT2D eigenvalue weighted by molar-refractivity contribution is 9.10. The van der Waals surface area contributed by atoms with Gasteiger partial charge in [-0.25, -0.2) is 4.98 Å². The zero-order valence-corrected chi connectivity index (χ0v) is 11.1. The standard InChI is InChI=1S/C11H11BrN2OS/c1-15-11-4-8(2-3-10(11)12)13-5-9-6-16-7-14-9/h2-4,6-7,13H,5H2,1H3. The normalized spacial score (nSPS) is 10.1. The van der Waals surface area contributed by atoms with E-state index in [2.05, 4.69) is 26.2 Å². The van der Waals surface area contributed by atoms with Crippen LogP contribution < -0.4 is 10.1 Å². The van der Waals surface area contributed by atoms with Crippen LogP contribution in [0.3, 0.4) is 0 Å². The maximum absolute atomic E-state index is 5.22. The molecule has 5 heteroatoms. The van der Waals surface area contributed by atoms with Crippen molar-refractivity contribution in [3.05, 3.63) is 39.3 Å². The lowest BCUT2D eigenvalue weighted by molar-refractivity contribution is 0.412. The number of ether oxygens (including phenoxy) is 1. The van der Waals surface area contributed by atoms with Gasteiger partial charge in [-0.05, 0) is 28.1 Å². The minimum atomic E-state index is 0.730. The number of benzene rings is 1. The number of nitrogens with one attached hydrogen (secondary N) is 1. The highest BCUT2D eigenvalue weighted by atomic mass is 79.9. The first kappa shape index (κ1) is 11.4. The molecule has 0 aliphatic heterocycles. The smallest absolute Gasteiger partial charge is 0.135 e. The minimum absolute atomic E-state index is 0.730. The van der Waals surface area contributed by atoms with Gasteiger partial charge < -0.3 is 10.1 Å². The lowest BCUT2D eigenvalue weighted by Crippen LogP contribution is -1.99. The summed E-state index contributed by atoms with van der Waals surface area (Å²) < 4.78 is 6.18. The molecule has 0 bridgehead atoms. The van der Waals surface area contributed by atoms with E-state index < -0.39 is 0 Å². The Hall–Kier alpha value is -1.07. The molecule has 1 N–H and O–H groups in total. The molecule has 1 aromatic carbocycles. The van der Waals surface area contributed by atoms with Crippen LogP contribution in [-0.2, 0) is 6.54 Å². The fourth-order valence-electron chi connectivity index (χ4n) is 1.29. The van der Waals surface area contributed by atoms with E-state index in [1.807, 2.05) is 29.1 Å². The molecular formula is C11H11BrN2OS. The Kier molecular flexibility index (Phi) is 3.79. The van der Waals surface area contributed by atoms with Crippen LogP contribution in [0.1, 0.15) is 5.69 Å². The SMILES string of the molecule is COc1cc(NCc2cscn2)ccc1Br. The zero-order chi connectivity index (χ0) is 11.4. The first-order chi connectivity index (χ1) is 7.79. The molecule has 3 nitrogen and oxygen atoms in total. The van der Waals surface area contributed by atoms with Crippen LogP contribution in [0.25, 0.3) is 0 Å². The Morgan fingerprint density at radius 2 is 2.38 bits per heavy atom. The van der Waals surface area contributed by atoms with E-state index in [4.69, 9.17) is 4.74 Å². The second-order valence-electron chi connectivity index (χ2n) is 3.18. The summed E-state index contributed by atoms with van der Waals surface area (Å²) >= 11 is 5.02. The molecule has 1 heterocycles. The molecule has 2 rings (SSSR count). The molecule has 0 fully saturated rings. The third kappa shape index (κ3) is 2.74. The van der Waals surface area contributed by atoms with Crippen LogP contribution in [0.5, 0.6) is 5.75 Å². The third-order valence-electron chi connectivity index (χ3n) is 2.11.